The Kier molecular flexibility index (Phi) is 8.85. The number of nitrogens with one attached hydrogen (secondary N) is 1. The van der Waals surface area contributed by atoms with Crippen LogP contribution in [0, 0.1) is 18.3 Å². The molecule has 1 amide bonds. The number of hydrogen-bond donors (Lipinski definition) is 1. The summed E-state index contributed by atoms with van der Waals surface area (Å²) in [4.78, 5) is 20.5. The van der Waals surface area contributed by atoms with Gasteiger partial charge in [-0.15, -0.1) is 10.2 Å². The van der Waals surface area contributed by atoms with E-state index >= 15 is 0 Å². The fourth-order valence-corrected chi connectivity index (χ4v) is 7.18. The van der Waals surface area contributed by atoms with Gasteiger partial charge >= 0.3 is 6.18 Å². The average Bonchev–Trinajstić information content (AvgIpc) is 3.56. The Morgan fingerprint density at radius 3 is 2.28 bits per heavy atom. The summed E-state index contributed by atoms with van der Waals surface area (Å²) in [5.74, 6) is -0.246. The van der Waals surface area contributed by atoms with Crippen LogP contribution in [-0.2, 0) is 17.1 Å². The number of rotatable bonds is 9. The summed E-state index contributed by atoms with van der Waals surface area (Å²) in [6, 6.07) is 4.39. The van der Waals surface area contributed by atoms with Crippen molar-refractivity contribution in [1.82, 2.24) is 29.3 Å². The second kappa shape index (κ2) is 11.4. The van der Waals surface area contributed by atoms with Gasteiger partial charge in [-0.1, -0.05) is 5.21 Å². The van der Waals surface area contributed by atoms with Crippen LogP contribution in [0.5, 0.6) is 5.88 Å². The highest BCUT2D eigenvalue weighted by molar-refractivity contribution is 7.90. The second-order valence-corrected chi connectivity index (χ2v) is 16.5. The molecule has 4 rings (SSSR count). The molecule has 11 nitrogen and oxygen atoms in total. The van der Waals surface area contributed by atoms with Crippen molar-refractivity contribution >= 4 is 61.0 Å². The molecule has 1 aliphatic heterocycles. The van der Waals surface area contributed by atoms with Crippen LogP contribution in [0.25, 0.3) is 5.82 Å². The van der Waals surface area contributed by atoms with Crippen LogP contribution >= 0.6 is 0 Å². The minimum atomic E-state index is -4.47. The molecule has 3 aromatic heterocycles. The number of ether oxygens (including phenoxy) is 1. The molecule has 1 aliphatic rings. The summed E-state index contributed by atoms with van der Waals surface area (Å²) in [7, 11) is 8.12. The summed E-state index contributed by atoms with van der Waals surface area (Å²) in [5.41, 5.74) is -2.37. The first-order valence-electron chi connectivity index (χ1n) is 14.9. The van der Waals surface area contributed by atoms with Crippen molar-refractivity contribution in [1.29, 1.82) is 0 Å². The number of aryl methyl sites for hydroxylation is 2. The molecule has 0 aromatic carbocycles. The molecule has 0 unspecified atom stereocenters. The van der Waals surface area contributed by atoms with Crippen LogP contribution < -0.4 is 14.4 Å². The van der Waals surface area contributed by atoms with E-state index in [4.69, 9.17) is 9.72 Å². The Bertz CT molecular complexity index is 1750. The highest BCUT2D eigenvalue weighted by Gasteiger charge is 2.56. The largest absolute Gasteiger partial charge is 0.476 e. The van der Waals surface area contributed by atoms with Gasteiger partial charge < -0.3 is 9.64 Å². The highest BCUT2D eigenvalue weighted by Crippen LogP contribution is 2.57. The van der Waals surface area contributed by atoms with E-state index in [-0.39, 0.29) is 49.9 Å². The molecule has 0 aliphatic carbocycles. The zero-order valence-electron chi connectivity index (χ0n) is 28.2. The second-order valence-electron chi connectivity index (χ2n) is 14.8. The van der Waals surface area contributed by atoms with Gasteiger partial charge in [0.05, 0.1) is 40.2 Å². The average molecular weight is 657 g/mol. The topological polar surface area (TPSA) is 124 Å². The normalized spacial score (nSPS) is 18.5. The van der Waals surface area contributed by atoms with Crippen molar-refractivity contribution in [3.05, 3.63) is 41.9 Å². The van der Waals surface area contributed by atoms with Crippen molar-refractivity contribution in [3.8, 4) is 11.7 Å². The van der Waals surface area contributed by atoms with Crippen molar-refractivity contribution in [2.45, 2.75) is 61.6 Å². The quantitative estimate of drug-likeness (QED) is 0.290. The van der Waals surface area contributed by atoms with Crippen molar-refractivity contribution in [3.63, 3.8) is 0 Å². The van der Waals surface area contributed by atoms with Gasteiger partial charge in [0.1, 0.15) is 33.0 Å². The van der Waals surface area contributed by atoms with E-state index in [0.29, 0.717) is 6.54 Å². The molecule has 0 bridgehead atoms. The molecule has 1 N–H and O–H groups in total. The number of halogens is 3. The Balaban J connectivity index is 1.78. The number of anilines is 1. The molecule has 3 aromatic rings. The van der Waals surface area contributed by atoms with E-state index in [1.165, 1.54) is 46.9 Å². The molecule has 1 saturated heterocycles. The number of carbonyl (C=O) groups is 1. The number of alkyl halides is 3. The van der Waals surface area contributed by atoms with Gasteiger partial charge in [-0.2, -0.15) is 18.3 Å². The third-order valence-electron chi connectivity index (χ3n) is 9.53. The number of amides is 1. The Labute approximate surface area is 272 Å². The van der Waals surface area contributed by atoms with E-state index < -0.39 is 39.7 Å². The highest BCUT2D eigenvalue weighted by atomic mass is 32.2. The van der Waals surface area contributed by atoms with E-state index in [1.54, 1.807) is 7.05 Å². The summed E-state index contributed by atoms with van der Waals surface area (Å²) >= 11 is 0. The van der Waals surface area contributed by atoms with Gasteiger partial charge in [-0.3, -0.25) is 9.48 Å². The lowest BCUT2D eigenvalue weighted by atomic mass is 9.28. The van der Waals surface area contributed by atoms with Gasteiger partial charge in [0, 0.05) is 37.6 Å². The van der Waals surface area contributed by atoms with Gasteiger partial charge in [0.2, 0.25) is 5.88 Å². The number of hydrogen-bond acceptors (Lipinski definition) is 8. The van der Waals surface area contributed by atoms with Gasteiger partial charge in [0.25, 0.3) is 15.9 Å². The standard InChI is InChI=1S/C26H39B5F3N7O4S/c1-14-16(11-39(6)36-14)46(43,44)38-21(42)15-7-8-18(41-10-9-19(37-41)45-13-22(2,3)26(32,33)34)35-20(15)40-12-17(25(29,30)31)24(27,28)23(40,4)5/h7-11,17H,12-13,27-31H2,1-6H3,(H,38,42)/t17-/m1/s1. The van der Waals surface area contributed by atoms with E-state index in [9.17, 15) is 26.4 Å². The number of pyridine rings is 1. The lowest BCUT2D eigenvalue weighted by molar-refractivity contribution is -0.219. The molecule has 1 fully saturated rings. The molecule has 4 heterocycles. The van der Waals surface area contributed by atoms with Gasteiger partial charge in [-0.25, -0.2) is 22.8 Å². The molecule has 20 heteroatoms. The lowest BCUT2D eigenvalue weighted by Crippen LogP contribution is -2.49. The van der Waals surface area contributed by atoms with E-state index in [2.05, 4.69) is 68.0 Å². The monoisotopic (exact) mass is 657 g/mol. The van der Waals surface area contributed by atoms with Crippen LogP contribution in [0.1, 0.15) is 43.7 Å². The summed E-state index contributed by atoms with van der Waals surface area (Å²) in [5, 5.41) is 7.97. The minimum absolute atomic E-state index is 0.0304. The smallest absolute Gasteiger partial charge is 0.397 e. The molecule has 0 radical (unpaired) electrons. The number of aromatic nitrogens is 5. The van der Waals surface area contributed by atoms with Crippen molar-refractivity contribution < 1.29 is 31.1 Å². The summed E-state index contributed by atoms with van der Waals surface area (Å²) < 4.78 is 76.8. The Morgan fingerprint density at radius 2 is 1.76 bits per heavy atom. The molecular weight excluding hydrogens is 617 g/mol. The number of sulfonamides is 1. The maximum absolute atomic E-state index is 13.8. The summed E-state index contributed by atoms with van der Waals surface area (Å²) in [6.07, 6.45) is -1.65. The molecule has 0 spiro atoms. The predicted molar refractivity (Wildman–Crippen MR) is 182 cm³/mol. The zero-order valence-corrected chi connectivity index (χ0v) is 29.1. The minimum Gasteiger partial charge on any atom is -0.476 e. The fraction of sp³-hybridized carbons (Fsp3) is 0.538. The van der Waals surface area contributed by atoms with Gasteiger partial charge in [0.15, 0.2) is 5.82 Å². The predicted octanol–water partition coefficient (Wildman–Crippen LogP) is -1.03. The van der Waals surface area contributed by atoms with Crippen LogP contribution in [0.3, 0.4) is 0 Å². The molecule has 1 atom stereocenters. The third-order valence-corrected chi connectivity index (χ3v) is 11.0. The van der Waals surface area contributed by atoms with Crippen LogP contribution in [0.15, 0.2) is 35.5 Å². The van der Waals surface area contributed by atoms with Crippen LogP contribution in [0.2, 0.25) is 10.3 Å². The molecule has 0 saturated carbocycles. The molecule has 46 heavy (non-hydrogen) atoms. The van der Waals surface area contributed by atoms with Crippen molar-refractivity contribution in [2.24, 2.45) is 18.4 Å². The van der Waals surface area contributed by atoms with E-state index in [0.717, 1.165) is 13.8 Å². The molecular formula is C26H39B5F3N7O4S. The maximum atomic E-state index is 13.8. The first-order valence-corrected chi connectivity index (χ1v) is 16.4. The van der Waals surface area contributed by atoms with E-state index in [1.807, 2.05) is 4.90 Å². The third kappa shape index (κ3) is 6.46. The maximum Gasteiger partial charge on any atom is 0.397 e. The summed E-state index contributed by atoms with van der Waals surface area (Å²) in [6.45, 7) is 7.63. The first-order chi connectivity index (χ1) is 20.8. The SMILES string of the molecule is BC(B)(B)[C@@H]1CN(c2nc(-n3ccc(OCC(C)(C)C(F)(F)F)n3)ccc2C(=O)NS(=O)(=O)c2cn(C)nc2C)C(C)(C)C1(B)B. The van der Waals surface area contributed by atoms with Crippen LogP contribution in [-0.4, -0.2) is 103 Å². The van der Waals surface area contributed by atoms with Crippen molar-refractivity contribution in [2.75, 3.05) is 18.1 Å². The number of carbonyl (C=O) groups excluding carboxylic acids is 1. The fourth-order valence-electron chi connectivity index (χ4n) is 5.99. The Morgan fingerprint density at radius 1 is 1.13 bits per heavy atom. The van der Waals surface area contributed by atoms with Gasteiger partial charge in [-0.05, 0) is 52.7 Å². The first kappa shape index (κ1) is 35.6. The lowest BCUT2D eigenvalue weighted by Gasteiger charge is -2.46. The van der Waals surface area contributed by atoms with Crippen LogP contribution in [0.4, 0.5) is 19.0 Å². The zero-order chi connectivity index (χ0) is 34.8. The Hall–Kier alpha value is -3.30. The molecule has 244 valence electrons. The number of nitrogens with zero attached hydrogens (tertiary/aromatic N) is 6.